The van der Waals surface area contributed by atoms with Crippen molar-refractivity contribution >= 4 is 23.5 Å². The lowest BCUT2D eigenvalue weighted by molar-refractivity contribution is 0.0955. The van der Waals surface area contributed by atoms with Crippen LogP contribution in [0.5, 0.6) is 0 Å². The van der Waals surface area contributed by atoms with Crippen molar-refractivity contribution in [3.8, 4) is 0 Å². The van der Waals surface area contributed by atoms with Crippen LogP contribution in [-0.4, -0.2) is 16.7 Å². The second-order valence-electron chi connectivity index (χ2n) is 4.64. The molecule has 100 valence electrons. The number of nitrogens with zero attached hydrogens (tertiary/aromatic N) is 2. The van der Waals surface area contributed by atoms with Crippen molar-refractivity contribution in [3.05, 3.63) is 45.9 Å². The van der Waals surface area contributed by atoms with Gasteiger partial charge in [-0.05, 0) is 24.1 Å². The van der Waals surface area contributed by atoms with Gasteiger partial charge >= 0.3 is 0 Å². The van der Waals surface area contributed by atoms with Crippen molar-refractivity contribution in [2.24, 2.45) is 12.1 Å². The van der Waals surface area contributed by atoms with Gasteiger partial charge < -0.3 is 4.57 Å². The van der Waals surface area contributed by atoms with E-state index < -0.39 is 0 Å². The van der Waals surface area contributed by atoms with Crippen LogP contribution in [-0.2, 0) is 7.05 Å². The van der Waals surface area contributed by atoms with E-state index in [1.807, 2.05) is 41.4 Å². The molecule has 19 heavy (non-hydrogen) atoms. The summed E-state index contributed by atoms with van der Waals surface area (Å²) < 4.78 is 1.93. The Morgan fingerprint density at radius 1 is 1.53 bits per heavy atom. The van der Waals surface area contributed by atoms with Crippen LogP contribution in [0.2, 0.25) is 0 Å². The van der Waals surface area contributed by atoms with E-state index in [-0.39, 0.29) is 5.91 Å². The van der Waals surface area contributed by atoms with Crippen LogP contribution < -0.4 is 5.43 Å². The van der Waals surface area contributed by atoms with E-state index in [0.29, 0.717) is 11.5 Å². The second kappa shape index (κ2) is 5.84. The zero-order valence-electron chi connectivity index (χ0n) is 11.3. The predicted octanol–water partition coefficient (Wildman–Crippen LogP) is 2.97. The fourth-order valence-corrected chi connectivity index (χ4v) is 2.51. The first kappa shape index (κ1) is 13.5. The zero-order chi connectivity index (χ0) is 13.8. The maximum absolute atomic E-state index is 11.9. The molecule has 0 bridgehead atoms. The number of hydrogen-bond acceptors (Lipinski definition) is 3. The maximum Gasteiger partial charge on any atom is 0.272 e. The summed E-state index contributed by atoms with van der Waals surface area (Å²) >= 11 is 1.60. The molecule has 0 spiro atoms. The summed E-state index contributed by atoms with van der Waals surface area (Å²) in [4.78, 5) is 13.1. The highest BCUT2D eigenvalue weighted by molar-refractivity contribution is 7.10. The topological polar surface area (TPSA) is 46.4 Å². The van der Waals surface area contributed by atoms with E-state index >= 15 is 0 Å². The monoisotopic (exact) mass is 275 g/mol. The molecule has 2 rings (SSSR count). The summed E-state index contributed by atoms with van der Waals surface area (Å²) in [6, 6.07) is 5.77. The van der Waals surface area contributed by atoms with Gasteiger partial charge in [-0.15, -0.1) is 11.3 Å². The molecule has 0 fully saturated rings. The van der Waals surface area contributed by atoms with E-state index in [1.54, 1.807) is 17.6 Å². The number of hydrogen-bond donors (Lipinski definition) is 1. The van der Waals surface area contributed by atoms with E-state index in [1.165, 1.54) is 4.88 Å². The Labute approximate surface area is 116 Å². The first-order chi connectivity index (χ1) is 9.08. The van der Waals surface area contributed by atoms with Crippen molar-refractivity contribution in [2.45, 2.75) is 19.8 Å². The van der Waals surface area contributed by atoms with Crippen LogP contribution in [0.1, 0.15) is 40.7 Å². The SMILES string of the molecule is CC(C)c1cc(C(=O)N/N=C/c2cccn2C)cs1. The Kier molecular flexibility index (Phi) is 4.16. The predicted molar refractivity (Wildman–Crippen MR) is 78.9 cm³/mol. The minimum Gasteiger partial charge on any atom is -0.350 e. The largest absolute Gasteiger partial charge is 0.350 e. The highest BCUT2D eigenvalue weighted by Crippen LogP contribution is 2.22. The number of nitrogens with one attached hydrogen (secondary N) is 1. The zero-order valence-corrected chi connectivity index (χ0v) is 12.1. The lowest BCUT2D eigenvalue weighted by atomic mass is 10.1. The highest BCUT2D eigenvalue weighted by atomic mass is 32.1. The molecule has 0 atom stereocenters. The van der Waals surface area contributed by atoms with Crippen LogP contribution in [0.25, 0.3) is 0 Å². The number of rotatable bonds is 4. The molecular weight excluding hydrogens is 258 g/mol. The molecule has 1 amide bonds. The van der Waals surface area contributed by atoms with Gasteiger partial charge in [0.05, 0.1) is 17.5 Å². The van der Waals surface area contributed by atoms with Gasteiger partial charge in [-0.1, -0.05) is 13.8 Å². The van der Waals surface area contributed by atoms with E-state index in [2.05, 4.69) is 24.4 Å². The summed E-state index contributed by atoms with van der Waals surface area (Å²) in [6.45, 7) is 4.22. The number of carbonyl (C=O) groups excluding carboxylic acids is 1. The number of aryl methyl sites for hydroxylation is 1. The molecule has 5 heteroatoms. The summed E-state index contributed by atoms with van der Waals surface area (Å²) in [7, 11) is 1.93. The molecule has 1 N–H and O–H groups in total. The molecule has 4 nitrogen and oxygen atoms in total. The number of aromatic nitrogens is 1. The first-order valence-electron chi connectivity index (χ1n) is 6.11. The van der Waals surface area contributed by atoms with Crippen LogP contribution in [0.15, 0.2) is 34.9 Å². The van der Waals surface area contributed by atoms with Crippen LogP contribution >= 0.6 is 11.3 Å². The average Bonchev–Trinajstić information content (AvgIpc) is 2.98. The molecule has 2 aromatic rings. The minimum atomic E-state index is -0.173. The Hall–Kier alpha value is -1.88. The molecule has 0 saturated heterocycles. The van der Waals surface area contributed by atoms with Crippen LogP contribution in [0.4, 0.5) is 0 Å². The Morgan fingerprint density at radius 3 is 2.89 bits per heavy atom. The molecule has 0 aliphatic rings. The lowest BCUT2D eigenvalue weighted by Crippen LogP contribution is -2.17. The average molecular weight is 275 g/mol. The van der Waals surface area contributed by atoms with Crippen molar-refractivity contribution in [2.75, 3.05) is 0 Å². The highest BCUT2D eigenvalue weighted by Gasteiger charge is 2.09. The summed E-state index contributed by atoms with van der Waals surface area (Å²) in [5.41, 5.74) is 4.14. The molecule has 0 aliphatic carbocycles. The molecule has 0 unspecified atom stereocenters. The quantitative estimate of drug-likeness (QED) is 0.676. The number of hydrazone groups is 1. The molecule has 0 radical (unpaired) electrons. The number of thiophene rings is 1. The number of amides is 1. The molecule has 0 saturated carbocycles. The van der Waals surface area contributed by atoms with Gasteiger partial charge in [-0.3, -0.25) is 4.79 Å². The standard InChI is InChI=1S/C14H17N3OS/c1-10(2)13-7-11(9-19-13)14(18)16-15-8-12-5-4-6-17(12)3/h4-10H,1-3H3,(H,16,18)/b15-8+. The summed E-state index contributed by atoms with van der Waals surface area (Å²) in [5, 5.41) is 5.83. The molecule has 0 aliphatic heterocycles. The van der Waals surface area contributed by atoms with Crippen LogP contribution in [0.3, 0.4) is 0 Å². The Balaban J connectivity index is 1.97. The number of carbonyl (C=O) groups is 1. The van der Waals surface area contributed by atoms with Gasteiger partial charge in [0.15, 0.2) is 0 Å². The van der Waals surface area contributed by atoms with E-state index in [4.69, 9.17) is 0 Å². The van der Waals surface area contributed by atoms with E-state index in [9.17, 15) is 4.79 Å². The third kappa shape index (κ3) is 3.32. The maximum atomic E-state index is 11.9. The normalized spacial score (nSPS) is 11.4. The molecule has 2 heterocycles. The van der Waals surface area contributed by atoms with Gasteiger partial charge in [0.25, 0.3) is 5.91 Å². The van der Waals surface area contributed by atoms with Gasteiger partial charge in [0, 0.05) is 23.5 Å². The first-order valence-corrected chi connectivity index (χ1v) is 6.99. The smallest absolute Gasteiger partial charge is 0.272 e. The molecule has 2 aromatic heterocycles. The molecule has 0 aromatic carbocycles. The van der Waals surface area contributed by atoms with Gasteiger partial charge in [0.1, 0.15) is 0 Å². The summed E-state index contributed by atoms with van der Waals surface area (Å²) in [5.74, 6) is 0.270. The van der Waals surface area contributed by atoms with Crippen LogP contribution in [0, 0.1) is 0 Å². The van der Waals surface area contributed by atoms with Gasteiger partial charge in [-0.25, -0.2) is 5.43 Å². The Bertz CT molecular complexity index is 595. The van der Waals surface area contributed by atoms with Crippen molar-refractivity contribution in [1.82, 2.24) is 9.99 Å². The Morgan fingerprint density at radius 2 is 2.32 bits per heavy atom. The molecular formula is C14H17N3OS. The van der Waals surface area contributed by atoms with Crippen molar-refractivity contribution < 1.29 is 4.79 Å². The fourth-order valence-electron chi connectivity index (χ4n) is 1.60. The van der Waals surface area contributed by atoms with Gasteiger partial charge in [-0.2, -0.15) is 5.10 Å². The third-order valence-corrected chi connectivity index (χ3v) is 4.03. The van der Waals surface area contributed by atoms with E-state index in [0.717, 1.165) is 5.69 Å². The minimum absolute atomic E-state index is 0.173. The van der Waals surface area contributed by atoms with Crippen molar-refractivity contribution in [3.63, 3.8) is 0 Å². The lowest BCUT2D eigenvalue weighted by Gasteiger charge is -1.98. The van der Waals surface area contributed by atoms with Gasteiger partial charge in [0.2, 0.25) is 0 Å². The third-order valence-electron chi connectivity index (χ3n) is 2.80. The van der Waals surface area contributed by atoms with Crippen molar-refractivity contribution in [1.29, 1.82) is 0 Å². The summed E-state index contributed by atoms with van der Waals surface area (Å²) in [6.07, 6.45) is 3.56. The fraction of sp³-hybridized carbons (Fsp3) is 0.286. The second-order valence-corrected chi connectivity index (χ2v) is 5.58.